The van der Waals surface area contributed by atoms with E-state index >= 15 is 0 Å². The van der Waals surface area contributed by atoms with Crippen LogP contribution in [0.3, 0.4) is 0 Å². The lowest BCUT2D eigenvalue weighted by Crippen LogP contribution is -2.37. The van der Waals surface area contributed by atoms with Crippen molar-refractivity contribution in [3.05, 3.63) is 65.8 Å². The summed E-state index contributed by atoms with van der Waals surface area (Å²) in [6, 6.07) is 8.38. The third-order valence-corrected chi connectivity index (χ3v) is 6.61. The summed E-state index contributed by atoms with van der Waals surface area (Å²) >= 11 is 0. The molecule has 3 aromatic rings. The Morgan fingerprint density at radius 3 is 2.62 bits per heavy atom. The second kappa shape index (κ2) is 8.03. The molecule has 2 aliphatic rings. The maximum absolute atomic E-state index is 13.1. The number of nitrogens with zero attached hydrogens (tertiary/aromatic N) is 3. The standard InChI is InChI=1S/C23H21F3N4O2/c24-23(25,26)17-7-5-14(6-8-17)20-29-22(32-30-20)19-16-4-3-15(10-16)18(19)21(31)28-12-13-2-1-9-27-11-13/h1-2,5-9,11,15-16,18-19H,3-4,10,12H2,(H,28,31)/t15-,16+,18-,19-/m0/s1. The number of aromatic nitrogens is 3. The van der Waals surface area contributed by atoms with Gasteiger partial charge < -0.3 is 9.84 Å². The average molecular weight is 442 g/mol. The molecule has 2 aliphatic carbocycles. The van der Waals surface area contributed by atoms with Crippen LogP contribution in [0.25, 0.3) is 11.4 Å². The van der Waals surface area contributed by atoms with Gasteiger partial charge in [-0.05, 0) is 54.9 Å². The fourth-order valence-electron chi connectivity index (χ4n) is 5.13. The summed E-state index contributed by atoms with van der Waals surface area (Å²) in [6.07, 6.45) is 1.92. The van der Waals surface area contributed by atoms with Crippen LogP contribution in [0.15, 0.2) is 53.3 Å². The summed E-state index contributed by atoms with van der Waals surface area (Å²) in [5, 5.41) is 7.00. The minimum Gasteiger partial charge on any atom is -0.352 e. The van der Waals surface area contributed by atoms with E-state index in [0.717, 1.165) is 37.0 Å². The highest BCUT2D eigenvalue weighted by Gasteiger charge is 2.53. The molecular formula is C23H21F3N4O2. The predicted octanol–water partition coefficient (Wildman–Crippen LogP) is 4.60. The summed E-state index contributed by atoms with van der Waals surface area (Å²) in [5.41, 5.74) is 0.625. The first kappa shape index (κ1) is 20.7. The summed E-state index contributed by atoms with van der Waals surface area (Å²) in [7, 11) is 0. The molecule has 9 heteroatoms. The molecule has 5 rings (SSSR count). The molecule has 1 amide bonds. The van der Waals surface area contributed by atoms with Gasteiger partial charge in [0.2, 0.25) is 17.6 Å². The Hall–Kier alpha value is -3.23. The van der Waals surface area contributed by atoms with Gasteiger partial charge in [0.15, 0.2) is 0 Å². The Morgan fingerprint density at radius 2 is 1.91 bits per heavy atom. The number of carbonyl (C=O) groups is 1. The van der Waals surface area contributed by atoms with Crippen LogP contribution in [0.4, 0.5) is 13.2 Å². The lowest BCUT2D eigenvalue weighted by atomic mass is 9.78. The zero-order valence-corrected chi connectivity index (χ0v) is 17.0. The number of hydrogen-bond donors (Lipinski definition) is 1. The fourth-order valence-corrected chi connectivity index (χ4v) is 5.13. The fraction of sp³-hybridized carbons (Fsp3) is 0.391. The van der Waals surface area contributed by atoms with E-state index in [9.17, 15) is 18.0 Å². The van der Waals surface area contributed by atoms with Gasteiger partial charge in [-0.1, -0.05) is 23.4 Å². The van der Waals surface area contributed by atoms with E-state index in [4.69, 9.17) is 4.52 Å². The molecule has 0 spiro atoms. The smallest absolute Gasteiger partial charge is 0.352 e. The van der Waals surface area contributed by atoms with Crippen molar-refractivity contribution in [1.82, 2.24) is 20.4 Å². The van der Waals surface area contributed by atoms with Gasteiger partial charge in [-0.25, -0.2) is 0 Å². The van der Waals surface area contributed by atoms with Crippen LogP contribution in [-0.2, 0) is 17.5 Å². The molecule has 6 nitrogen and oxygen atoms in total. The van der Waals surface area contributed by atoms with Crippen molar-refractivity contribution in [3.63, 3.8) is 0 Å². The Bertz CT molecular complexity index is 1100. The zero-order chi connectivity index (χ0) is 22.3. The molecule has 32 heavy (non-hydrogen) atoms. The van der Waals surface area contributed by atoms with E-state index < -0.39 is 11.7 Å². The van der Waals surface area contributed by atoms with Gasteiger partial charge in [0.1, 0.15) is 0 Å². The van der Waals surface area contributed by atoms with Gasteiger partial charge in [-0.15, -0.1) is 0 Å². The van der Waals surface area contributed by atoms with Crippen molar-refractivity contribution in [3.8, 4) is 11.4 Å². The topological polar surface area (TPSA) is 80.9 Å². The number of carbonyl (C=O) groups excluding carboxylic acids is 1. The van der Waals surface area contributed by atoms with Gasteiger partial charge in [0.05, 0.1) is 17.4 Å². The molecule has 1 N–H and O–H groups in total. The van der Waals surface area contributed by atoms with E-state index in [0.29, 0.717) is 18.0 Å². The molecule has 2 heterocycles. The van der Waals surface area contributed by atoms with Crippen LogP contribution < -0.4 is 5.32 Å². The first-order valence-electron chi connectivity index (χ1n) is 10.6. The van der Waals surface area contributed by atoms with E-state index in [1.165, 1.54) is 12.1 Å². The van der Waals surface area contributed by atoms with Gasteiger partial charge in [-0.2, -0.15) is 18.2 Å². The van der Waals surface area contributed by atoms with Crippen LogP contribution in [0, 0.1) is 17.8 Å². The number of amides is 1. The molecule has 2 bridgehead atoms. The third kappa shape index (κ3) is 3.87. The number of fused-ring (bicyclic) bond motifs is 2. The van der Waals surface area contributed by atoms with Crippen molar-refractivity contribution >= 4 is 5.91 Å². The minimum absolute atomic E-state index is 0.0414. The SMILES string of the molecule is O=C(NCc1cccnc1)[C@H]1[C@H]2CC[C@H](C2)[C@@H]1c1nc(-c2ccc(C(F)(F)F)cc2)no1. The quantitative estimate of drug-likeness (QED) is 0.625. The largest absolute Gasteiger partial charge is 0.416 e. The third-order valence-electron chi connectivity index (χ3n) is 6.61. The first-order valence-corrected chi connectivity index (χ1v) is 10.6. The lowest BCUT2D eigenvalue weighted by Gasteiger charge is -2.27. The van der Waals surface area contributed by atoms with Gasteiger partial charge in [-0.3, -0.25) is 9.78 Å². The maximum atomic E-state index is 13.1. The second-order valence-electron chi connectivity index (χ2n) is 8.50. The van der Waals surface area contributed by atoms with Crippen molar-refractivity contribution in [2.45, 2.75) is 37.9 Å². The van der Waals surface area contributed by atoms with Gasteiger partial charge >= 0.3 is 6.18 Å². The number of hydrogen-bond acceptors (Lipinski definition) is 5. The zero-order valence-electron chi connectivity index (χ0n) is 17.0. The highest BCUT2D eigenvalue weighted by molar-refractivity contribution is 5.80. The first-order chi connectivity index (χ1) is 15.4. The molecule has 2 fully saturated rings. The normalized spacial score (nSPS) is 24.6. The molecule has 1 aromatic carbocycles. The molecular weight excluding hydrogens is 421 g/mol. The van der Waals surface area contributed by atoms with Gasteiger partial charge in [0, 0.05) is 24.5 Å². The minimum atomic E-state index is -4.40. The molecule has 166 valence electrons. The molecule has 2 aromatic heterocycles. The number of alkyl halides is 3. The molecule has 2 saturated carbocycles. The van der Waals surface area contributed by atoms with Crippen molar-refractivity contribution < 1.29 is 22.5 Å². The molecule has 0 unspecified atom stereocenters. The van der Waals surface area contributed by atoms with E-state index in [1.807, 2.05) is 12.1 Å². The van der Waals surface area contributed by atoms with Crippen LogP contribution in [0.2, 0.25) is 0 Å². The Morgan fingerprint density at radius 1 is 1.12 bits per heavy atom. The second-order valence-corrected chi connectivity index (χ2v) is 8.50. The number of halogens is 3. The van der Waals surface area contributed by atoms with Crippen LogP contribution in [-0.4, -0.2) is 21.0 Å². The number of pyridine rings is 1. The predicted molar refractivity (Wildman–Crippen MR) is 108 cm³/mol. The van der Waals surface area contributed by atoms with Gasteiger partial charge in [0.25, 0.3) is 0 Å². The summed E-state index contributed by atoms with van der Waals surface area (Å²) in [6.45, 7) is 0.397. The monoisotopic (exact) mass is 442 g/mol. The molecule has 0 saturated heterocycles. The molecule has 0 aliphatic heterocycles. The van der Waals surface area contributed by atoms with Crippen molar-refractivity contribution in [2.75, 3.05) is 0 Å². The number of benzene rings is 1. The number of nitrogens with one attached hydrogen (secondary N) is 1. The van der Waals surface area contributed by atoms with E-state index in [2.05, 4.69) is 20.4 Å². The highest BCUT2D eigenvalue weighted by Crippen LogP contribution is 2.56. The van der Waals surface area contributed by atoms with Crippen LogP contribution >= 0.6 is 0 Å². The summed E-state index contributed by atoms with van der Waals surface area (Å²) < 4.78 is 44.0. The Kier molecular flexibility index (Phi) is 5.19. The molecule has 4 atom stereocenters. The van der Waals surface area contributed by atoms with Crippen LogP contribution in [0.5, 0.6) is 0 Å². The average Bonchev–Trinajstić information content (AvgIpc) is 3.53. The van der Waals surface area contributed by atoms with E-state index in [1.54, 1.807) is 12.4 Å². The van der Waals surface area contributed by atoms with Crippen molar-refractivity contribution in [1.29, 1.82) is 0 Å². The number of rotatable bonds is 5. The maximum Gasteiger partial charge on any atom is 0.416 e. The lowest BCUT2D eigenvalue weighted by molar-refractivity contribution is -0.137. The molecule has 0 radical (unpaired) electrons. The summed E-state index contributed by atoms with van der Waals surface area (Å²) in [5.74, 6) is 0.681. The van der Waals surface area contributed by atoms with Crippen LogP contribution in [0.1, 0.15) is 42.2 Å². The Balaban J connectivity index is 1.34. The summed E-state index contributed by atoms with van der Waals surface area (Å²) in [4.78, 5) is 21.6. The van der Waals surface area contributed by atoms with Crippen molar-refractivity contribution in [2.24, 2.45) is 17.8 Å². The Labute approximate surface area is 182 Å². The highest BCUT2D eigenvalue weighted by atomic mass is 19.4. The van der Waals surface area contributed by atoms with E-state index in [-0.39, 0.29) is 35.4 Å².